The molecule has 1 amide bonds. The number of carbonyl (C=O) groups is 2. The van der Waals surface area contributed by atoms with Crippen molar-refractivity contribution >= 4 is 11.9 Å². The van der Waals surface area contributed by atoms with Crippen LogP contribution in [0.3, 0.4) is 0 Å². The summed E-state index contributed by atoms with van der Waals surface area (Å²) in [5, 5.41) is 9.19. The van der Waals surface area contributed by atoms with Gasteiger partial charge < -0.3 is 10.0 Å². The smallest absolute Gasteiger partial charge is 0.303 e. The van der Waals surface area contributed by atoms with Gasteiger partial charge in [-0.05, 0) is 42.0 Å². The third-order valence-electron chi connectivity index (χ3n) is 6.13. The number of amides is 1. The summed E-state index contributed by atoms with van der Waals surface area (Å²) < 4.78 is 0. The highest BCUT2D eigenvalue weighted by Gasteiger charge is 2.28. The van der Waals surface area contributed by atoms with Crippen molar-refractivity contribution in [2.24, 2.45) is 0 Å². The van der Waals surface area contributed by atoms with Crippen molar-refractivity contribution in [3.63, 3.8) is 0 Å². The summed E-state index contributed by atoms with van der Waals surface area (Å²) in [6, 6.07) is 16.3. The average molecular weight is 423 g/mol. The molecule has 166 valence electrons. The van der Waals surface area contributed by atoms with Crippen LogP contribution in [0.15, 0.2) is 48.5 Å². The molecule has 1 atom stereocenters. The fourth-order valence-corrected chi connectivity index (χ4v) is 4.14. The van der Waals surface area contributed by atoms with Gasteiger partial charge in [-0.25, -0.2) is 0 Å². The van der Waals surface area contributed by atoms with E-state index in [1.165, 1.54) is 11.1 Å². The molecule has 1 fully saturated rings. The van der Waals surface area contributed by atoms with E-state index in [9.17, 15) is 14.7 Å². The second-order valence-electron chi connectivity index (χ2n) is 9.51. The number of carboxylic acids is 1. The number of hydrogen-bond acceptors (Lipinski definition) is 3. The van der Waals surface area contributed by atoms with Crippen molar-refractivity contribution in [3.05, 3.63) is 70.8 Å². The van der Waals surface area contributed by atoms with Crippen LogP contribution in [-0.4, -0.2) is 53.0 Å². The van der Waals surface area contributed by atoms with Gasteiger partial charge in [-0.2, -0.15) is 0 Å². The summed E-state index contributed by atoms with van der Waals surface area (Å²) in [5.74, 6) is -0.706. The van der Waals surface area contributed by atoms with E-state index < -0.39 is 5.97 Å². The number of aliphatic carboxylic acids is 1. The third kappa shape index (κ3) is 5.95. The second-order valence-corrected chi connectivity index (χ2v) is 9.51. The van der Waals surface area contributed by atoms with Crippen LogP contribution in [0.2, 0.25) is 0 Å². The Balaban J connectivity index is 1.66. The molecule has 0 bridgehead atoms. The van der Waals surface area contributed by atoms with Crippen LogP contribution in [0.5, 0.6) is 0 Å². The van der Waals surface area contributed by atoms with Gasteiger partial charge in [0.1, 0.15) is 0 Å². The van der Waals surface area contributed by atoms with E-state index in [2.05, 4.69) is 56.9 Å². The maximum atomic E-state index is 13.0. The molecule has 0 saturated carbocycles. The van der Waals surface area contributed by atoms with Crippen molar-refractivity contribution in [2.45, 2.75) is 52.0 Å². The Hall–Kier alpha value is -2.66. The lowest BCUT2D eigenvalue weighted by Gasteiger charge is -2.39. The van der Waals surface area contributed by atoms with Crippen molar-refractivity contribution in [2.75, 3.05) is 26.2 Å². The minimum atomic E-state index is -0.773. The van der Waals surface area contributed by atoms with Gasteiger partial charge in [-0.3, -0.25) is 14.5 Å². The van der Waals surface area contributed by atoms with E-state index in [-0.39, 0.29) is 23.8 Å². The molecule has 3 rings (SSSR count). The monoisotopic (exact) mass is 422 g/mol. The molecule has 0 aromatic heterocycles. The van der Waals surface area contributed by atoms with Crippen LogP contribution < -0.4 is 0 Å². The lowest BCUT2D eigenvalue weighted by atomic mass is 9.86. The van der Waals surface area contributed by atoms with Crippen molar-refractivity contribution in [1.29, 1.82) is 0 Å². The van der Waals surface area contributed by atoms with Crippen LogP contribution in [0.1, 0.15) is 66.7 Å². The topological polar surface area (TPSA) is 60.9 Å². The molecule has 1 aliphatic heterocycles. The van der Waals surface area contributed by atoms with E-state index in [1.54, 1.807) is 0 Å². The summed E-state index contributed by atoms with van der Waals surface area (Å²) >= 11 is 0. The van der Waals surface area contributed by atoms with Crippen LogP contribution in [0.4, 0.5) is 0 Å². The fourth-order valence-electron chi connectivity index (χ4n) is 4.14. The quantitative estimate of drug-likeness (QED) is 0.736. The number of rotatable bonds is 6. The molecule has 0 unspecified atom stereocenters. The standard InChI is InChI=1S/C26H34N2O3/c1-19-5-7-20(8-6-19)23(13-14-24(29)30)27-15-17-28(18-16-27)25(31)21-9-11-22(12-10-21)26(2,3)4/h5-12,23H,13-18H2,1-4H3,(H,29,30)/t23-/m0/s1. The lowest BCUT2D eigenvalue weighted by Crippen LogP contribution is -2.49. The van der Waals surface area contributed by atoms with E-state index >= 15 is 0 Å². The number of hydrogen-bond donors (Lipinski definition) is 1. The Kier molecular flexibility index (Phi) is 7.16. The molecule has 1 saturated heterocycles. The molecule has 31 heavy (non-hydrogen) atoms. The van der Waals surface area contributed by atoms with Crippen molar-refractivity contribution in [3.8, 4) is 0 Å². The van der Waals surface area contributed by atoms with Gasteiger partial charge in [0.2, 0.25) is 0 Å². The normalized spacial score (nSPS) is 16.2. The van der Waals surface area contributed by atoms with Gasteiger partial charge in [-0.15, -0.1) is 0 Å². The minimum absolute atomic E-state index is 0.0556. The van der Waals surface area contributed by atoms with Crippen LogP contribution in [-0.2, 0) is 10.2 Å². The largest absolute Gasteiger partial charge is 0.481 e. The first-order valence-corrected chi connectivity index (χ1v) is 11.1. The predicted octanol–water partition coefficient (Wildman–Crippen LogP) is 4.66. The molecular formula is C26H34N2O3. The predicted molar refractivity (Wildman–Crippen MR) is 123 cm³/mol. The molecule has 0 aliphatic carbocycles. The molecule has 2 aromatic carbocycles. The molecule has 1 aliphatic rings. The number of nitrogens with zero attached hydrogens (tertiary/aromatic N) is 2. The van der Waals surface area contributed by atoms with Gasteiger partial charge >= 0.3 is 5.97 Å². The summed E-state index contributed by atoms with van der Waals surface area (Å²) in [5.41, 5.74) is 4.34. The maximum absolute atomic E-state index is 13.0. The van der Waals surface area contributed by atoms with E-state index in [0.717, 1.165) is 24.2 Å². The zero-order valence-corrected chi connectivity index (χ0v) is 19.1. The molecular weight excluding hydrogens is 388 g/mol. The SMILES string of the molecule is Cc1ccc([C@H](CCC(=O)O)N2CCN(C(=O)c3ccc(C(C)(C)C)cc3)CC2)cc1. The Morgan fingerprint density at radius 2 is 1.52 bits per heavy atom. The molecule has 5 nitrogen and oxygen atoms in total. The van der Waals surface area contributed by atoms with Crippen molar-refractivity contribution in [1.82, 2.24) is 9.80 Å². The molecule has 2 aromatic rings. The second kappa shape index (κ2) is 9.65. The summed E-state index contributed by atoms with van der Waals surface area (Å²) in [7, 11) is 0. The first kappa shape index (κ1) is 23.0. The molecule has 0 radical (unpaired) electrons. The minimum Gasteiger partial charge on any atom is -0.481 e. The molecule has 1 heterocycles. The van der Waals surface area contributed by atoms with Gasteiger partial charge in [-0.1, -0.05) is 62.7 Å². The lowest BCUT2D eigenvalue weighted by molar-refractivity contribution is -0.137. The first-order chi connectivity index (χ1) is 14.6. The zero-order valence-electron chi connectivity index (χ0n) is 19.1. The Morgan fingerprint density at radius 3 is 2.03 bits per heavy atom. The van der Waals surface area contributed by atoms with Crippen molar-refractivity contribution < 1.29 is 14.7 Å². The highest BCUT2D eigenvalue weighted by Crippen LogP contribution is 2.28. The number of carboxylic acid groups (broad SMARTS) is 1. The highest BCUT2D eigenvalue weighted by atomic mass is 16.4. The van der Waals surface area contributed by atoms with Crippen LogP contribution in [0, 0.1) is 6.92 Å². The summed E-state index contributed by atoms with van der Waals surface area (Å²) in [4.78, 5) is 28.4. The first-order valence-electron chi connectivity index (χ1n) is 11.1. The highest BCUT2D eigenvalue weighted by molar-refractivity contribution is 5.94. The van der Waals surface area contributed by atoms with E-state index in [4.69, 9.17) is 0 Å². The van der Waals surface area contributed by atoms with Crippen LogP contribution >= 0.6 is 0 Å². The maximum Gasteiger partial charge on any atom is 0.303 e. The summed E-state index contributed by atoms with van der Waals surface area (Å²) in [6.45, 7) is 11.3. The Morgan fingerprint density at radius 1 is 0.935 bits per heavy atom. The summed E-state index contributed by atoms with van der Waals surface area (Å²) in [6.07, 6.45) is 0.707. The van der Waals surface area contributed by atoms with Crippen LogP contribution in [0.25, 0.3) is 0 Å². The Bertz CT molecular complexity index is 890. The third-order valence-corrected chi connectivity index (χ3v) is 6.13. The van der Waals surface area contributed by atoms with Gasteiger partial charge in [0, 0.05) is 44.2 Å². The Labute approximate surface area is 185 Å². The van der Waals surface area contributed by atoms with E-state index in [1.807, 2.05) is 29.2 Å². The molecule has 0 spiro atoms. The van der Waals surface area contributed by atoms with Gasteiger partial charge in [0.15, 0.2) is 0 Å². The zero-order chi connectivity index (χ0) is 22.6. The molecule has 5 heteroatoms. The fraction of sp³-hybridized carbons (Fsp3) is 0.462. The number of benzene rings is 2. The molecule has 1 N–H and O–H groups in total. The number of carbonyl (C=O) groups excluding carboxylic acids is 1. The number of aryl methyl sites for hydroxylation is 1. The van der Waals surface area contributed by atoms with E-state index in [0.29, 0.717) is 19.5 Å². The average Bonchev–Trinajstić information content (AvgIpc) is 2.74. The number of piperazine rings is 1. The van der Waals surface area contributed by atoms with Gasteiger partial charge in [0.05, 0.1) is 0 Å². The van der Waals surface area contributed by atoms with Gasteiger partial charge in [0.25, 0.3) is 5.91 Å².